The maximum Gasteiger partial charge on any atom is 0.223 e. The summed E-state index contributed by atoms with van der Waals surface area (Å²) in [6.07, 6.45) is 0.940. The van der Waals surface area contributed by atoms with E-state index in [0.29, 0.717) is 19.4 Å². The van der Waals surface area contributed by atoms with Gasteiger partial charge in [-0.25, -0.2) is 0 Å². The molecule has 1 aliphatic rings. The van der Waals surface area contributed by atoms with Crippen molar-refractivity contribution in [1.29, 1.82) is 0 Å². The minimum absolute atomic E-state index is 0.00490. The van der Waals surface area contributed by atoms with Crippen molar-refractivity contribution in [1.82, 2.24) is 10.2 Å². The number of hydrogen-bond donors (Lipinski definition) is 2. The Labute approximate surface area is 112 Å². The predicted octanol–water partition coefficient (Wildman–Crippen LogP) is 1.24. The van der Waals surface area contributed by atoms with Crippen LogP contribution in [0.15, 0.2) is 16.8 Å². The van der Waals surface area contributed by atoms with Crippen LogP contribution in [-0.4, -0.2) is 42.7 Å². The van der Waals surface area contributed by atoms with E-state index >= 15 is 0 Å². The fraction of sp³-hybridized carbons (Fsp3) is 0.615. The van der Waals surface area contributed by atoms with Crippen molar-refractivity contribution in [3.8, 4) is 0 Å². The van der Waals surface area contributed by atoms with Crippen LogP contribution >= 0.6 is 11.3 Å². The second-order valence-corrected chi connectivity index (χ2v) is 5.88. The number of thiophene rings is 1. The lowest BCUT2D eigenvalue weighted by molar-refractivity contribution is -0.131. The molecule has 1 aromatic heterocycles. The van der Waals surface area contributed by atoms with Gasteiger partial charge in [0.25, 0.3) is 0 Å². The molecule has 1 fully saturated rings. The topological polar surface area (TPSA) is 52.6 Å². The molecule has 0 spiro atoms. The number of carbonyl (C=O) groups excluding carboxylic acids is 1. The standard InChI is InChI=1S/C13H20N2O2S/c1-15(2)12(9-3-4-18-8-9)7-14-13(17)10-5-11(16)6-10/h3-4,8,10-12,16H,5-7H2,1-2H3,(H,14,17). The molecule has 2 N–H and O–H groups in total. The van der Waals surface area contributed by atoms with E-state index in [1.165, 1.54) is 5.56 Å². The number of aliphatic hydroxyl groups excluding tert-OH is 1. The van der Waals surface area contributed by atoms with E-state index < -0.39 is 0 Å². The van der Waals surface area contributed by atoms with Crippen LogP contribution < -0.4 is 5.32 Å². The summed E-state index contributed by atoms with van der Waals surface area (Å²) in [7, 11) is 4.03. The van der Waals surface area contributed by atoms with Crippen molar-refractivity contribution >= 4 is 17.2 Å². The van der Waals surface area contributed by atoms with Crippen LogP contribution in [0, 0.1) is 5.92 Å². The predicted molar refractivity (Wildman–Crippen MR) is 72.5 cm³/mol. The minimum Gasteiger partial charge on any atom is -0.393 e. The summed E-state index contributed by atoms with van der Waals surface area (Å²) in [5, 5.41) is 16.4. The lowest BCUT2D eigenvalue weighted by atomic mass is 9.82. The number of amides is 1. The fourth-order valence-corrected chi connectivity index (χ4v) is 2.91. The summed E-state index contributed by atoms with van der Waals surface area (Å²) >= 11 is 1.67. The molecule has 1 aliphatic carbocycles. The molecule has 18 heavy (non-hydrogen) atoms. The molecule has 100 valence electrons. The summed E-state index contributed by atoms with van der Waals surface area (Å²) in [6.45, 7) is 0.620. The highest BCUT2D eigenvalue weighted by atomic mass is 32.1. The molecule has 1 aromatic rings. The number of rotatable bonds is 5. The van der Waals surface area contributed by atoms with Crippen molar-refractivity contribution in [2.45, 2.75) is 25.0 Å². The first-order chi connectivity index (χ1) is 8.58. The average molecular weight is 268 g/mol. The van der Waals surface area contributed by atoms with Crippen LogP contribution in [0.5, 0.6) is 0 Å². The van der Waals surface area contributed by atoms with Gasteiger partial charge in [-0.05, 0) is 49.3 Å². The van der Waals surface area contributed by atoms with Gasteiger partial charge < -0.3 is 15.3 Å². The van der Waals surface area contributed by atoms with Crippen LogP contribution in [0.4, 0.5) is 0 Å². The molecule has 2 rings (SSSR count). The SMILES string of the molecule is CN(C)C(CNC(=O)C1CC(O)C1)c1ccsc1. The zero-order chi connectivity index (χ0) is 13.1. The highest BCUT2D eigenvalue weighted by molar-refractivity contribution is 7.07. The monoisotopic (exact) mass is 268 g/mol. The van der Waals surface area contributed by atoms with Crippen molar-refractivity contribution in [3.63, 3.8) is 0 Å². The van der Waals surface area contributed by atoms with Gasteiger partial charge >= 0.3 is 0 Å². The molecule has 5 heteroatoms. The van der Waals surface area contributed by atoms with E-state index in [4.69, 9.17) is 0 Å². The third-order valence-electron chi connectivity index (χ3n) is 3.50. The van der Waals surface area contributed by atoms with Gasteiger partial charge in [-0.15, -0.1) is 0 Å². The van der Waals surface area contributed by atoms with Gasteiger partial charge in [0.15, 0.2) is 0 Å². The zero-order valence-electron chi connectivity index (χ0n) is 10.8. The lowest BCUT2D eigenvalue weighted by Crippen LogP contribution is -2.43. The molecule has 1 unspecified atom stereocenters. The van der Waals surface area contributed by atoms with Gasteiger partial charge in [-0.2, -0.15) is 11.3 Å². The number of nitrogens with zero attached hydrogens (tertiary/aromatic N) is 1. The molecule has 1 saturated carbocycles. The van der Waals surface area contributed by atoms with Gasteiger partial charge in [0, 0.05) is 12.5 Å². The number of likely N-dealkylation sites (N-methyl/N-ethyl adjacent to an activating group) is 1. The van der Waals surface area contributed by atoms with Gasteiger partial charge in [0.2, 0.25) is 5.91 Å². The van der Waals surface area contributed by atoms with Gasteiger partial charge in [0.1, 0.15) is 0 Å². The van der Waals surface area contributed by atoms with Crippen LogP contribution in [0.2, 0.25) is 0 Å². The molecular formula is C13H20N2O2S. The summed E-state index contributed by atoms with van der Waals surface area (Å²) in [6, 6.07) is 2.31. The molecule has 1 atom stereocenters. The number of carbonyl (C=O) groups is 1. The van der Waals surface area contributed by atoms with E-state index in [2.05, 4.69) is 27.0 Å². The number of nitrogens with one attached hydrogen (secondary N) is 1. The highest BCUT2D eigenvalue weighted by Crippen LogP contribution is 2.27. The highest BCUT2D eigenvalue weighted by Gasteiger charge is 2.33. The third-order valence-corrected chi connectivity index (χ3v) is 4.21. The normalized spacial score (nSPS) is 24.7. The number of hydrogen-bond acceptors (Lipinski definition) is 4. The molecule has 0 radical (unpaired) electrons. The first-order valence-corrected chi connectivity index (χ1v) is 7.16. The molecular weight excluding hydrogens is 248 g/mol. The molecule has 0 bridgehead atoms. The molecule has 1 heterocycles. The third kappa shape index (κ3) is 3.10. The minimum atomic E-state index is -0.276. The smallest absolute Gasteiger partial charge is 0.223 e. The second kappa shape index (κ2) is 5.82. The number of aliphatic hydroxyl groups is 1. The molecule has 0 aromatic carbocycles. The second-order valence-electron chi connectivity index (χ2n) is 5.10. The van der Waals surface area contributed by atoms with Crippen molar-refractivity contribution in [2.75, 3.05) is 20.6 Å². The Kier molecular flexibility index (Phi) is 4.37. The Hall–Kier alpha value is -0.910. The molecule has 4 nitrogen and oxygen atoms in total. The molecule has 1 amide bonds. The average Bonchev–Trinajstić information content (AvgIpc) is 2.78. The maximum atomic E-state index is 11.8. The van der Waals surface area contributed by atoms with E-state index in [1.54, 1.807) is 11.3 Å². The zero-order valence-corrected chi connectivity index (χ0v) is 11.6. The van der Waals surface area contributed by atoms with Crippen molar-refractivity contribution in [3.05, 3.63) is 22.4 Å². The Morgan fingerprint density at radius 3 is 2.83 bits per heavy atom. The van der Waals surface area contributed by atoms with E-state index in [9.17, 15) is 9.90 Å². The Morgan fingerprint density at radius 1 is 1.61 bits per heavy atom. The van der Waals surface area contributed by atoms with Gasteiger partial charge in [-0.1, -0.05) is 0 Å². The van der Waals surface area contributed by atoms with Gasteiger partial charge in [-0.3, -0.25) is 4.79 Å². The van der Waals surface area contributed by atoms with E-state index in [-0.39, 0.29) is 24.0 Å². The van der Waals surface area contributed by atoms with E-state index in [0.717, 1.165) is 0 Å². The van der Waals surface area contributed by atoms with Gasteiger partial charge in [0.05, 0.1) is 12.1 Å². The van der Waals surface area contributed by atoms with Crippen molar-refractivity contribution < 1.29 is 9.90 Å². The first kappa shape index (κ1) is 13.5. The maximum absolute atomic E-state index is 11.8. The first-order valence-electron chi connectivity index (χ1n) is 6.22. The Morgan fingerprint density at radius 2 is 2.33 bits per heavy atom. The quantitative estimate of drug-likeness (QED) is 0.845. The lowest BCUT2D eigenvalue weighted by Gasteiger charge is -2.31. The fourth-order valence-electron chi connectivity index (χ4n) is 2.21. The van der Waals surface area contributed by atoms with Crippen LogP contribution in [0.25, 0.3) is 0 Å². The molecule has 0 aliphatic heterocycles. The molecule has 0 saturated heterocycles. The summed E-state index contributed by atoms with van der Waals surface area (Å²) < 4.78 is 0. The summed E-state index contributed by atoms with van der Waals surface area (Å²) in [5.74, 6) is 0.0765. The summed E-state index contributed by atoms with van der Waals surface area (Å²) in [4.78, 5) is 13.9. The van der Waals surface area contributed by atoms with Crippen LogP contribution in [-0.2, 0) is 4.79 Å². The van der Waals surface area contributed by atoms with E-state index in [1.807, 2.05) is 14.1 Å². The Bertz CT molecular complexity index is 386. The van der Waals surface area contributed by atoms with Crippen LogP contribution in [0.1, 0.15) is 24.4 Å². The van der Waals surface area contributed by atoms with Crippen molar-refractivity contribution in [2.24, 2.45) is 5.92 Å². The largest absolute Gasteiger partial charge is 0.393 e. The Balaban J connectivity index is 1.85. The van der Waals surface area contributed by atoms with Crippen LogP contribution in [0.3, 0.4) is 0 Å². The summed E-state index contributed by atoms with van der Waals surface area (Å²) in [5.41, 5.74) is 1.24.